The van der Waals surface area contributed by atoms with Crippen molar-refractivity contribution in [3.8, 4) is 0 Å². The van der Waals surface area contributed by atoms with Gasteiger partial charge in [0.15, 0.2) is 0 Å². The molecule has 0 aliphatic carbocycles. The third-order valence-electron chi connectivity index (χ3n) is 2.09. The quantitative estimate of drug-likeness (QED) is 0.838. The third kappa shape index (κ3) is 3.72. The highest BCUT2D eigenvalue weighted by Gasteiger charge is 2.04. The molecular formula is C11H16FNOS. The molecule has 1 atom stereocenters. The highest BCUT2D eigenvalue weighted by Crippen LogP contribution is 2.12. The van der Waals surface area contributed by atoms with Crippen LogP contribution in [0.15, 0.2) is 18.2 Å². The lowest BCUT2D eigenvalue weighted by Gasteiger charge is -2.04. The van der Waals surface area contributed by atoms with Crippen molar-refractivity contribution in [1.29, 1.82) is 0 Å². The molecule has 0 aromatic heterocycles. The van der Waals surface area contributed by atoms with Crippen LogP contribution in [-0.4, -0.2) is 9.96 Å². The Morgan fingerprint density at radius 1 is 1.47 bits per heavy atom. The van der Waals surface area contributed by atoms with Crippen LogP contribution in [-0.2, 0) is 23.1 Å². The van der Waals surface area contributed by atoms with Crippen molar-refractivity contribution >= 4 is 10.8 Å². The molecular weight excluding hydrogens is 213 g/mol. The molecule has 1 unspecified atom stereocenters. The minimum Gasteiger partial charge on any atom is -0.326 e. The summed E-state index contributed by atoms with van der Waals surface area (Å²) in [6.45, 7) is 2.17. The van der Waals surface area contributed by atoms with Gasteiger partial charge in [-0.25, -0.2) is 4.39 Å². The van der Waals surface area contributed by atoms with Gasteiger partial charge in [-0.2, -0.15) is 0 Å². The van der Waals surface area contributed by atoms with Gasteiger partial charge in [-0.15, -0.1) is 0 Å². The molecule has 1 aromatic carbocycles. The topological polar surface area (TPSA) is 43.1 Å². The molecule has 0 heterocycles. The minimum absolute atomic E-state index is 0.181. The Morgan fingerprint density at radius 3 is 2.80 bits per heavy atom. The van der Waals surface area contributed by atoms with Gasteiger partial charge >= 0.3 is 0 Å². The van der Waals surface area contributed by atoms with Crippen LogP contribution in [0.1, 0.15) is 24.5 Å². The van der Waals surface area contributed by atoms with Gasteiger partial charge in [0.05, 0.1) is 0 Å². The number of nitrogens with two attached hydrogens (primary N) is 1. The summed E-state index contributed by atoms with van der Waals surface area (Å²) in [6, 6.07) is 4.76. The van der Waals surface area contributed by atoms with Gasteiger partial charge in [-0.3, -0.25) is 4.21 Å². The standard InChI is InChI=1S/C11H16FNOS/c1-2-5-15(14)8-9-3-4-11(12)10(6-9)7-13/h3-4,6H,2,5,7-8,13H2,1H3. The van der Waals surface area contributed by atoms with Crippen LogP contribution in [0.2, 0.25) is 0 Å². The molecule has 0 saturated carbocycles. The molecule has 0 saturated heterocycles. The van der Waals surface area contributed by atoms with E-state index >= 15 is 0 Å². The van der Waals surface area contributed by atoms with Crippen LogP contribution in [0.3, 0.4) is 0 Å². The van der Waals surface area contributed by atoms with E-state index in [-0.39, 0.29) is 12.4 Å². The van der Waals surface area contributed by atoms with Crippen molar-refractivity contribution in [3.05, 3.63) is 35.1 Å². The van der Waals surface area contributed by atoms with Crippen molar-refractivity contribution in [1.82, 2.24) is 0 Å². The molecule has 2 nitrogen and oxygen atoms in total. The van der Waals surface area contributed by atoms with E-state index in [4.69, 9.17) is 5.73 Å². The molecule has 0 aliphatic heterocycles. The van der Waals surface area contributed by atoms with Gasteiger partial charge in [0.25, 0.3) is 0 Å². The minimum atomic E-state index is -0.851. The Hall–Kier alpha value is -0.740. The molecule has 0 bridgehead atoms. The fraction of sp³-hybridized carbons (Fsp3) is 0.455. The van der Waals surface area contributed by atoms with Gasteiger partial charge in [-0.1, -0.05) is 19.1 Å². The normalized spacial score (nSPS) is 12.7. The number of halogens is 1. The van der Waals surface area contributed by atoms with E-state index in [0.29, 0.717) is 17.1 Å². The lowest BCUT2D eigenvalue weighted by molar-refractivity contribution is 0.610. The second-order valence-electron chi connectivity index (χ2n) is 3.42. The van der Waals surface area contributed by atoms with Crippen molar-refractivity contribution < 1.29 is 8.60 Å². The number of hydrogen-bond donors (Lipinski definition) is 1. The molecule has 4 heteroatoms. The maximum Gasteiger partial charge on any atom is 0.127 e. The van der Waals surface area contributed by atoms with Crippen LogP contribution in [0.25, 0.3) is 0 Å². The smallest absolute Gasteiger partial charge is 0.127 e. The van der Waals surface area contributed by atoms with Gasteiger partial charge in [0.1, 0.15) is 5.82 Å². The monoisotopic (exact) mass is 229 g/mol. The second-order valence-corrected chi connectivity index (χ2v) is 4.99. The van der Waals surface area contributed by atoms with Gasteiger partial charge < -0.3 is 5.73 Å². The van der Waals surface area contributed by atoms with Crippen LogP contribution < -0.4 is 5.73 Å². The second kappa shape index (κ2) is 5.98. The summed E-state index contributed by atoms with van der Waals surface area (Å²) in [5.74, 6) is 0.888. The molecule has 0 spiro atoms. The van der Waals surface area contributed by atoms with E-state index in [0.717, 1.165) is 12.0 Å². The Morgan fingerprint density at radius 2 is 2.20 bits per heavy atom. The maximum atomic E-state index is 13.1. The van der Waals surface area contributed by atoms with E-state index in [1.165, 1.54) is 6.07 Å². The van der Waals surface area contributed by atoms with Crippen LogP contribution >= 0.6 is 0 Å². The maximum absolute atomic E-state index is 13.1. The number of rotatable bonds is 5. The third-order valence-corrected chi connectivity index (χ3v) is 3.61. The van der Waals surface area contributed by atoms with Crippen molar-refractivity contribution in [3.63, 3.8) is 0 Å². The predicted octanol–water partition coefficient (Wildman–Crippen LogP) is 1.94. The Bertz CT molecular complexity index is 354. The molecule has 1 rings (SSSR count). The summed E-state index contributed by atoms with van der Waals surface area (Å²) in [4.78, 5) is 0. The highest BCUT2D eigenvalue weighted by atomic mass is 32.2. The van der Waals surface area contributed by atoms with Crippen molar-refractivity contribution in [2.24, 2.45) is 5.73 Å². The molecule has 0 aliphatic rings. The van der Waals surface area contributed by atoms with Crippen LogP contribution in [0, 0.1) is 5.82 Å². The summed E-state index contributed by atoms with van der Waals surface area (Å²) in [6.07, 6.45) is 0.900. The first-order valence-electron chi connectivity index (χ1n) is 4.99. The van der Waals surface area contributed by atoms with Gasteiger partial charge in [0.2, 0.25) is 0 Å². The average Bonchev–Trinajstić information content (AvgIpc) is 2.21. The van der Waals surface area contributed by atoms with Crippen molar-refractivity contribution in [2.45, 2.75) is 25.6 Å². The highest BCUT2D eigenvalue weighted by molar-refractivity contribution is 7.84. The Balaban J connectivity index is 2.74. The molecule has 0 radical (unpaired) electrons. The molecule has 0 amide bonds. The first-order valence-corrected chi connectivity index (χ1v) is 6.48. The fourth-order valence-corrected chi connectivity index (χ4v) is 2.51. The van der Waals surface area contributed by atoms with E-state index < -0.39 is 10.8 Å². The molecule has 84 valence electrons. The van der Waals surface area contributed by atoms with Gasteiger partial charge in [-0.05, 0) is 18.1 Å². The fourth-order valence-electron chi connectivity index (χ4n) is 1.36. The molecule has 0 fully saturated rings. The number of hydrogen-bond acceptors (Lipinski definition) is 2. The van der Waals surface area contributed by atoms with E-state index in [1.807, 2.05) is 6.92 Å². The molecule has 15 heavy (non-hydrogen) atoms. The first-order chi connectivity index (χ1) is 7.17. The summed E-state index contributed by atoms with van der Waals surface area (Å²) >= 11 is 0. The average molecular weight is 229 g/mol. The SMILES string of the molecule is CCCS(=O)Cc1ccc(F)c(CN)c1. The number of benzene rings is 1. The summed E-state index contributed by atoms with van der Waals surface area (Å²) in [7, 11) is -0.851. The van der Waals surface area contributed by atoms with E-state index in [9.17, 15) is 8.60 Å². The van der Waals surface area contributed by atoms with Crippen molar-refractivity contribution in [2.75, 3.05) is 5.75 Å². The largest absolute Gasteiger partial charge is 0.326 e. The van der Waals surface area contributed by atoms with Crippen LogP contribution in [0.5, 0.6) is 0 Å². The molecule has 2 N–H and O–H groups in total. The first kappa shape index (κ1) is 12.3. The predicted molar refractivity (Wildman–Crippen MR) is 61.3 cm³/mol. The molecule has 1 aromatic rings. The lowest BCUT2D eigenvalue weighted by Crippen LogP contribution is -2.04. The lowest BCUT2D eigenvalue weighted by atomic mass is 10.1. The Labute approximate surface area is 92.1 Å². The van der Waals surface area contributed by atoms with E-state index in [1.54, 1.807) is 12.1 Å². The summed E-state index contributed by atoms with van der Waals surface area (Å²) < 4.78 is 24.6. The van der Waals surface area contributed by atoms with Crippen LogP contribution in [0.4, 0.5) is 4.39 Å². The summed E-state index contributed by atoms with van der Waals surface area (Å²) in [5, 5.41) is 0. The van der Waals surface area contributed by atoms with Gasteiger partial charge in [0, 0.05) is 34.4 Å². The van der Waals surface area contributed by atoms with E-state index in [2.05, 4.69) is 0 Å². The zero-order valence-electron chi connectivity index (χ0n) is 8.83. The zero-order valence-corrected chi connectivity index (χ0v) is 9.65. The summed E-state index contributed by atoms with van der Waals surface area (Å²) in [5.41, 5.74) is 6.77. The Kier molecular flexibility index (Phi) is 4.91. The zero-order chi connectivity index (χ0) is 11.3.